The van der Waals surface area contributed by atoms with Gasteiger partial charge in [0.25, 0.3) is 0 Å². The number of carbonyl (C=O) groups is 1. The van der Waals surface area contributed by atoms with Crippen molar-refractivity contribution in [2.75, 3.05) is 5.32 Å². The summed E-state index contributed by atoms with van der Waals surface area (Å²) in [7, 11) is 0. The molecule has 0 spiro atoms. The summed E-state index contributed by atoms with van der Waals surface area (Å²) >= 11 is 0. The van der Waals surface area contributed by atoms with Gasteiger partial charge in [-0.3, -0.25) is 0 Å². The SMILES string of the molecule is C#Cc1c(C)c(C)c(C)c(Nc2nc3c(C)c(C(=O)O)c(C)c(C)c3c3c(C)nc(C)nc23)c1C. The summed E-state index contributed by atoms with van der Waals surface area (Å²) in [6.07, 6.45) is 5.86. The van der Waals surface area contributed by atoms with Crippen LogP contribution in [0.2, 0.25) is 0 Å². The third kappa shape index (κ3) is 3.50. The minimum atomic E-state index is -0.960. The van der Waals surface area contributed by atoms with Crippen molar-refractivity contribution >= 4 is 39.3 Å². The zero-order valence-electron chi connectivity index (χ0n) is 21.8. The highest BCUT2D eigenvalue weighted by atomic mass is 16.4. The topological polar surface area (TPSA) is 88.0 Å². The Morgan fingerprint density at radius 1 is 0.743 bits per heavy atom. The number of carboxylic acid groups (broad SMARTS) is 1. The molecule has 0 saturated carbocycles. The molecule has 2 aromatic carbocycles. The molecule has 2 heterocycles. The van der Waals surface area contributed by atoms with Gasteiger partial charge >= 0.3 is 5.97 Å². The minimum absolute atomic E-state index is 0.284. The van der Waals surface area contributed by atoms with Crippen LogP contribution in [-0.2, 0) is 0 Å². The fraction of sp³-hybridized carbons (Fsp3) is 0.310. The molecule has 0 saturated heterocycles. The van der Waals surface area contributed by atoms with Crippen LogP contribution in [0.5, 0.6) is 0 Å². The summed E-state index contributed by atoms with van der Waals surface area (Å²) in [5, 5.41) is 15.2. The Bertz CT molecular complexity index is 1640. The third-order valence-electron chi connectivity index (χ3n) is 7.41. The largest absolute Gasteiger partial charge is 0.478 e. The summed E-state index contributed by atoms with van der Waals surface area (Å²) in [5.74, 6) is 3.07. The molecule has 6 nitrogen and oxygen atoms in total. The van der Waals surface area contributed by atoms with Crippen LogP contribution in [0.1, 0.15) is 66.4 Å². The minimum Gasteiger partial charge on any atom is -0.478 e. The lowest BCUT2D eigenvalue weighted by atomic mass is 9.91. The van der Waals surface area contributed by atoms with E-state index < -0.39 is 5.97 Å². The van der Waals surface area contributed by atoms with Gasteiger partial charge in [-0.25, -0.2) is 19.7 Å². The van der Waals surface area contributed by atoms with E-state index in [0.717, 1.165) is 61.1 Å². The van der Waals surface area contributed by atoms with Crippen LogP contribution in [0.4, 0.5) is 11.5 Å². The van der Waals surface area contributed by atoms with Crippen molar-refractivity contribution in [2.24, 2.45) is 0 Å². The Morgan fingerprint density at radius 2 is 1.40 bits per heavy atom. The van der Waals surface area contributed by atoms with Crippen molar-refractivity contribution < 1.29 is 9.90 Å². The number of fused-ring (bicyclic) bond motifs is 3. The van der Waals surface area contributed by atoms with E-state index in [9.17, 15) is 9.90 Å². The normalized spacial score (nSPS) is 11.2. The van der Waals surface area contributed by atoms with Gasteiger partial charge in [-0.1, -0.05) is 5.92 Å². The predicted octanol–water partition coefficient (Wildman–Crippen LogP) is 6.38. The van der Waals surface area contributed by atoms with E-state index in [2.05, 4.69) is 30.1 Å². The van der Waals surface area contributed by atoms with Crippen molar-refractivity contribution in [3.05, 3.63) is 61.6 Å². The number of hydrogen-bond donors (Lipinski definition) is 2. The Balaban J connectivity index is 2.19. The Kier molecular flexibility index (Phi) is 5.76. The van der Waals surface area contributed by atoms with Gasteiger partial charge in [0.05, 0.1) is 11.1 Å². The summed E-state index contributed by atoms with van der Waals surface area (Å²) < 4.78 is 0. The van der Waals surface area contributed by atoms with Gasteiger partial charge in [0.2, 0.25) is 0 Å². The molecule has 6 heteroatoms. The van der Waals surface area contributed by atoms with E-state index in [-0.39, 0.29) is 5.56 Å². The molecule has 0 unspecified atom stereocenters. The summed E-state index contributed by atoms with van der Waals surface area (Å²) in [4.78, 5) is 26.6. The van der Waals surface area contributed by atoms with E-state index >= 15 is 0 Å². The number of terminal acetylenes is 1. The monoisotopic (exact) mass is 466 g/mol. The van der Waals surface area contributed by atoms with Gasteiger partial charge in [0.1, 0.15) is 11.3 Å². The highest BCUT2D eigenvalue weighted by molar-refractivity contribution is 6.14. The molecule has 2 N–H and O–H groups in total. The highest BCUT2D eigenvalue weighted by Crippen LogP contribution is 2.39. The molecule has 0 amide bonds. The average molecular weight is 467 g/mol. The molecule has 0 bridgehead atoms. The van der Waals surface area contributed by atoms with Crippen LogP contribution in [0, 0.1) is 74.7 Å². The molecule has 0 aliphatic rings. The molecular formula is C29H30N4O2. The number of nitrogens with zero attached hydrogens (tertiary/aromatic N) is 3. The van der Waals surface area contributed by atoms with Crippen LogP contribution in [0.15, 0.2) is 0 Å². The van der Waals surface area contributed by atoms with Gasteiger partial charge in [0, 0.05) is 27.7 Å². The number of hydrogen-bond acceptors (Lipinski definition) is 5. The Labute approximate surface area is 205 Å². The van der Waals surface area contributed by atoms with Crippen LogP contribution >= 0.6 is 0 Å². The summed E-state index contributed by atoms with van der Waals surface area (Å²) in [6.45, 7) is 17.6. The summed E-state index contributed by atoms with van der Waals surface area (Å²) in [6, 6.07) is 0. The number of aromatic nitrogens is 3. The average Bonchev–Trinajstić information content (AvgIpc) is 2.79. The number of nitrogens with one attached hydrogen (secondary N) is 1. The van der Waals surface area contributed by atoms with Crippen molar-refractivity contribution in [3.63, 3.8) is 0 Å². The van der Waals surface area contributed by atoms with E-state index in [1.165, 1.54) is 0 Å². The molecule has 35 heavy (non-hydrogen) atoms. The zero-order valence-corrected chi connectivity index (χ0v) is 21.8. The van der Waals surface area contributed by atoms with E-state index in [1.54, 1.807) is 0 Å². The lowest BCUT2D eigenvalue weighted by molar-refractivity contribution is 0.0695. The van der Waals surface area contributed by atoms with Crippen molar-refractivity contribution in [3.8, 4) is 12.3 Å². The first kappa shape index (κ1) is 24.2. The van der Waals surface area contributed by atoms with Crippen LogP contribution < -0.4 is 5.32 Å². The zero-order chi connectivity index (χ0) is 25.9. The molecular weight excluding hydrogens is 436 g/mol. The van der Waals surface area contributed by atoms with Crippen molar-refractivity contribution in [1.82, 2.24) is 15.0 Å². The van der Waals surface area contributed by atoms with E-state index in [4.69, 9.17) is 16.4 Å². The van der Waals surface area contributed by atoms with Gasteiger partial charge in [-0.05, 0) is 101 Å². The molecule has 178 valence electrons. The van der Waals surface area contributed by atoms with Crippen molar-refractivity contribution in [2.45, 2.75) is 62.3 Å². The second kappa shape index (κ2) is 8.35. The maximum absolute atomic E-state index is 12.1. The number of aryl methyl sites for hydroxylation is 4. The second-order valence-electron chi connectivity index (χ2n) is 9.34. The number of pyridine rings is 1. The number of benzene rings is 2. The molecule has 0 fully saturated rings. The fourth-order valence-corrected chi connectivity index (χ4v) is 5.21. The first-order valence-electron chi connectivity index (χ1n) is 11.6. The Morgan fingerprint density at radius 3 is 2.00 bits per heavy atom. The number of aromatic carboxylic acids is 1. The van der Waals surface area contributed by atoms with Crippen LogP contribution in [-0.4, -0.2) is 26.0 Å². The van der Waals surface area contributed by atoms with E-state index in [0.29, 0.717) is 28.2 Å². The van der Waals surface area contributed by atoms with Crippen LogP contribution in [0.3, 0.4) is 0 Å². The van der Waals surface area contributed by atoms with Gasteiger partial charge in [0.15, 0.2) is 5.82 Å². The standard InChI is InChI=1S/C29H30N4O2/c1-11-21-13(3)12(2)16(6)25(17(21)7)32-28-27-24(19(9)30-20(10)31-27)23-15(5)14(4)22(29(34)35)18(8)26(23)33-28/h1H,2-10H3,(H,32,33)(H,34,35). The molecule has 2 aromatic heterocycles. The third-order valence-corrected chi connectivity index (χ3v) is 7.41. The first-order valence-corrected chi connectivity index (χ1v) is 11.6. The number of anilines is 2. The van der Waals surface area contributed by atoms with Gasteiger partial charge < -0.3 is 10.4 Å². The quantitative estimate of drug-likeness (QED) is 0.269. The molecule has 4 rings (SSSR count). The smallest absolute Gasteiger partial charge is 0.336 e. The maximum atomic E-state index is 12.1. The highest BCUT2D eigenvalue weighted by Gasteiger charge is 2.24. The molecule has 4 aromatic rings. The van der Waals surface area contributed by atoms with E-state index in [1.807, 2.05) is 48.5 Å². The lowest BCUT2D eigenvalue weighted by Crippen LogP contribution is -2.10. The van der Waals surface area contributed by atoms with Crippen LogP contribution in [0.25, 0.3) is 21.8 Å². The molecule has 0 radical (unpaired) electrons. The molecule has 0 atom stereocenters. The maximum Gasteiger partial charge on any atom is 0.336 e. The first-order chi connectivity index (χ1) is 16.4. The molecule has 0 aliphatic carbocycles. The number of rotatable bonds is 3. The molecule has 0 aliphatic heterocycles. The number of carboxylic acids is 1. The lowest BCUT2D eigenvalue weighted by Gasteiger charge is -2.22. The fourth-order valence-electron chi connectivity index (χ4n) is 5.21. The predicted molar refractivity (Wildman–Crippen MR) is 142 cm³/mol. The van der Waals surface area contributed by atoms with Gasteiger partial charge in [-0.2, -0.15) is 0 Å². The van der Waals surface area contributed by atoms with Gasteiger partial charge in [-0.15, -0.1) is 6.42 Å². The van der Waals surface area contributed by atoms with Crippen molar-refractivity contribution in [1.29, 1.82) is 0 Å². The second-order valence-corrected chi connectivity index (χ2v) is 9.34. The summed E-state index contributed by atoms with van der Waals surface area (Å²) in [5.41, 5.74) is 10.7. The Hall–Kier alpha value is -3.98.